The predicted octanol–water partition coefficient (Wildman–Crippen LogP) is 3.40. The van der Waals surface area contributed by atoms with E-state index in [0.717, 1.165) is 27.2 Å². The molecule has 1 atom stereocenters. The van der Waals surface area contributed by atoms with E-state index in [0.29, 0.717) is 6.61 Å². The number of aryl methyl sites for hydroxylation is 3. The summed E-state index contributed by atoms with van der Waals surface area (Å²) in [6.45, 7) is 6.44. The van der Waals surface area contributed by atoms with Crippen LogP contribution in [0.25, 0.3) is 0 Å². The fraction of sp³-hybridized carbons (Fsp3) is 0.400. The van der Waals surface area contributed by atoms with Crippen molar-refractivity contribution in [2.24, 2.45) is 12.8 Å². The van der Waals surface area contributed by atoms with Crippen molar-refractivity contribution in [1.29, 1.82) is 0 Å². The number of aromatic nitrogens is 2. The molecular weight excluding hydrogens is 318 g/mol. The fourth-order valence-corrected chi connectivity index (χ4v) is 2.59. The first-order chi connectivity index (χ1) is 9.40. The zero-order valence-corrected chi connectivity index (χ0v) is 13.9. The minimum atomic E-state index is -0.0541. The third-order valence-electron chi connectivity index (χ3n) is 3.28. The van der Waals surface area contributed by atoms with E-state index >= 15 is 0 Å². The maximum Gasteiger partial charge on any atom is 0.131 e. The number of hydrogen-bond donors (Lipinski definition) is 1. The van der Waals surface area contributed by atoms with Crippen molar-refractivity contribution in [3.8, 4) is 5.75 Å². The van der Waals surface area contributed by atoms with Crippen LogP contribution in [0.4, 0.5) is 0 Å². The summed E-state index contributed by atoms with van der Waals surface area (Å²) in [5.74, 6) is 0.830. The second-order valence-electron chi connectivity index (χ2n) is 5.09. The molecule has 2 aromatic rings. The highest BCUT2D eigenvalue weighted by atomic mass is 79.9. The Morgan fingerprint density at radius 1 is 1.40 bits per heavy atom. The predicted molar refractivity (Wildman–Crippen MR) is 83.8 cm³/mol. The molecule has 0 radical (unpaired) electrons. The lowest BCUT2D eigenvalue weighted by Gasteiger charge is -2.15. The quantitative estimate of drug-likeness (QED) is 0.930. The third kappa shape index (κ3) is 3.04. The molecule has 0 bridgehead atoms. The van der Waals surface area contributed by atoms with E-state index in [1.54, 1.807) is 0 Å². The molecular formula is C15H20BrN3O. The van der Waals surface area contributed by atoms with Crippen molar-refractivity contribution >= 4 is 15.9 Å². The molecule has 0 aliphatic rings. The molecule has 1 aromatic carbocycles. The van der Waals surface area contributed by atoms with Crippen LogP contribution in [0.15, 0.2) is 22.7 Å². The van der Waals surface area contributed by atoms with Crippen molar-refractivity contribution in [3.63, 3.8) is 0 Å². The molecule has 0 saturated carbocycles. The summed E-state index contributed by atoms with van der Waals surface area (Å²) in [7, 11) is 1.91. The molecule has 5 heteroatoms. The fourth-order valence-electron chi connectivity index (χ4n) is 2.14. The lowest BCUT2D eigenvalue weighted by molar-refractivity contribution is 0.289. The highest BCUT2D eigenvalue weighted by Crippen LogP contribution is 2.27. The van der Waals surface area contributed by atoms with Gasteiger partial charge in [0.1, 0.15) is 12.4 Å². The van der Waals surface area contributed by atoms with E-state index < -0.39 is 0 Å². The number of rotatable bonds is 4. The van der Waals surface area contributed by atoms with Gasteiger partial charge in [0, 0.05) is 18.7 Å². The minimum Gasteiger partial charge on any atom is -0.487 e. The smallest absolute Gasteiger partial charge is 0.131 e. The van der Waals surface area contributed by atoms with Crippen LogP contribution < -0.4 is 10.5 Å². The number of benzene rings is 1. The first-order valence-electron chi connectivity index (χ1n) is 6.57. The van der Waals surface area contributed by atoms with Crippen LogP contribution in [0.2, 0.25) is 0 Å². The third-order valence-corrected chi connectivity index (χ3v) is 4.31. The Bertz CT molecular complexity index is 620. The van der Waals surface area contributed by atoms with Crippen LogP contribution in [-0.4, -0.2) is 9.78 Å². The highest BCUT2D eigenvalue weighted by molar-refractivity contribution is 9.10. The van der Waals surface area contributed by atoms with Crippen molar-refractivity contribution < 1.29 is 4.74 Å². The molecule has 108 valence electrons. The van der Waals surface area contributed by atoms with Gasteiger partial charge in [-0.1, -0.05) is 17.7 Å². The molecule has 2 N–H and O–H groups in total. The minimum absolute atomic E-state index is 0.0541. The molecule has 2 rings (SSSR count). The van der Waals surface area contributed by atoms with Gasteiger partial charge in [-0.15, -0.1) is 0 Å². The second-order valence-corrected chi connectivity index (χ2v) is 5.88. The van der Waals surface area contributed by atoms with Crippen LogP contribution in [0.1, 0.15) is 35.5 Å². The molecule has 1 aromatic heterocycles. The average molecular weight is 338 g/mol. The molecule has 1 heterocycles. The van der Waals surface area contributed by atoms with E-state index in [9.17, 15) is 0 Å². The van der Waals surface area contributed by atoms with Crippen LogP contribution in [0, 0.1) is 13.8 Å². The summed E-state index contributed by atoms with van der Waals surface area (Å²) in [5, 5.41) is 4.36. The molecule has 0 amide bonds. The van der Waals surface area contributed by atoms with Crippen molar-refractivity contribution in [1.82, 2.24) is 9.78 Å². The summed E-state index contributed by atoms with van der Waals surface area (Å²) >= 11 is 3.55. The van der Waals surface area contributed by atoms with Gasteiger partial charge < -0.3 is 10.5 Å². The van der Waals surface area contributed by atoms with E-state index in [1.165, 1.54) is 5.56 Å². The van der Waals surface area contributed by atoms with Gasteiger partial charge in [-0.05, 0) is 42.8 Å². The van der Waals surface area contributed by atoms with Gasteiger partial charge in [-0.25, -0.2) is 0 Å². The summed E-state index contributed by atoms with van der Waals surface area (Å²) < 4.78 is 8.77. The monoisotopic (exact) mass is 337 g/mol. The molecule has 0 saturated heterocycles. The van der Waals surface area contributed by atoms with Crippen molar-refractivity contribution in [2.75, 3.05) is 0 Å². The van der Waals surface area contributed by atoms with Gasteiger partial charge in [0.05, 0.1) is 15.9 Å². The average Bonchev–Trinajstić information content (AvgIpc) is 2.62. The van der Waals surface area contributed by atoms with E-state index in [4.69, 9.17) is 10.5 Å². The molecule has 0 aliphatic heterocycles. The Hall–Kier alpha value is -1.33. The first-order valence-corrected chi connectivity index (χ1v) is 7.36. The normalized spacial score (nSPS) is 12.5. The molecule has 0 aliphatic carbocycles. The number of nitrogens with two attached hydrogens (primary N) is 1. The van der Waals surface area contributed by atoms with Gasteiger partial charge in [0.15, 0.2) is 0 Å². The lowest BCUT2D eigenvalue weighted by atomic mass is 10.1. The number of nitrogens with zero attached hydrogens (tertiary/aromatic N) is 2. The van der Waals surface area contributed by atoms with Gasteiger partial charge in [0.2, 0.25) is 0 Å². The SMILES string of the molecule is Cc1ccc(OCc2c(Br)c(C)nn2C)c([C@@H](C)N)c1. The van der Waals surface area contributed by atoms with Crippen LogP contribution in [0.5, 0.6) is 5.75 Å². The van der Waals surface area contributed by atoms with Crippen LogP contribution in [0.3, 0.4) is 0 Å². The van der Waals surface area contributed by atoms with E-state index in [2.05, 4.69) is 34.0 Å². The Morgan fingerprint density at radius 2 is 2.10 bits per heavy atom. The topological polar surface area (TPSA) is 53.1 Å². The first kappa shape index (κ1) is 15.1. The lowest BCUT2D eigenvalue weighted by Crippen LogP contribution is -2.10. The molecule has 20 heavy (non-hydrogen) atoms. The number of ether oxygens (including phenoxy) is 1. The van der Waals surface area contributed by atoms with E-state index in [1.807, 2.05) is 37.7 Å². The van der Waals surface area contributed by atoms with Gasteiger partial charge in [-0.2, -0.15) is 5.10 Å². The molecule has 0 spiro atoms. The van der Waals surface area contributed by atoms with Gasteiger partial charge in [-0.3, -0.25) is 4.68 Å². The number of hydrogen-bond acceptors (Lipinski definition) is 3. The Morgan fingerprint density at radius 3 is 2.65 bits per heavy atom. The zero-order valence-electron chi connectivity index (χ0n) is 12.3. The van der Waals surface area contributed by atoms with Gasteiger partial charge in [0.25, 0.3) is 0 Å². The number of halogens is 1. The molecule has 0 unspecified atom stereocenters. The summed E-state index contributed by atoms with van der Waals surface area (Å²) in [5.41, 5.74) is 10.2. The Kier molecular flexibility index (Phi) is 4.50. The molecule has 4 nitrogen and oxygen atoms in total. The maximum absolute atomic E-state index is 6.01. The zero-order chi connectivity index (χ0) is 14.9. The van der Waals surface area contributed by atoms with Crippen LogP contribution in [-0.2, 0) is 13.7 Å². The molecule has 0 fully saturated rings. The second kappa shape index (κ2) is 5.97. The summed E-state index contributed by atoms with van der Waals surface area (Å²) in [6.07, 6.45) is 0. The summed E-state index contributed by atoms with van der Waals surface area (Å²) in [4.78, 5) is 0. The maximum atomic E-state index is 6.01. The highest BCUT2D eigenvalue weighted by Gasteiger charge is 2.13. The van der Waals surface area contributed by atoms with Crippen LogP contribution >= 0.6 is 15.9 Å². The standard InChI is InChI=1S/C15H20BrN3O/c1-9-5-6-14(12(7-9)10(2)17)20-8-13-15(16)11(3)18-19(13)4/h5-7,10H,8,17H2,1-4H3/t10-/m1/s1. The summed E-state index contributed by atoms with van der Waals surface area (Å²) in [6, 6.07) is 6.03. The van der Waals surface area contributed by atoms with Gasteiger partial charge >= 0.3 is 0 Å². The largest absolute Gasteiger partial charge is 0.487 e. The Balaban J connectivity index is 2.23. The Labute approximate surface area is 128 Å². The van der Waals surface area contributed by atoms with Crippen molar-refractivity contribution in [3.05, 3.63) is 45.2 Å². The van der Waals surface area contributed by atoms with Crippen molar-refractivity contribution in [2.45, 2.75) is 33.4 Å². The van der Waals surface area contributed by atoms with E-state index in [-0.39, 0.29) is 6.04 Å².